The van der Waals surface area contributed by atoms with Crippen molar-refractivity contribution in [3.8, 4) is 0 Å². The molecule has 2 aromatic carbocycles. The average Bonchev–Trinajstić information content (AvgIpc) is 3.35. The first-order chi connectivity index (χ1) is 15.4. The molecule has 32 heavy (non-hydrogen) atoms. The third-order valence-electron chi connectivity index (χ3n) is 6.56. The lowest BCUT2D eigenvalue weighted by molar-refractivity contribution is -0.122. The van der Waals surface area contributed by atoms with E-state index < -0.39 is 5.66 Å². The Balaban J connectivity index is 1.31. The summed E-state index contributed by atoms with van der Waals surface area (Å²) in [5.41, 5.74) is 1.17. The van der Waals surface area contributed by atoms with E-state index in [-0.39, 0.29) is 36.7 Å². The molecule has 5 rings (SSSR count). The molecule has 2 aliphatic rings. The van der Waals surface area contributed by atoms with Gasteiger partial charge in [-0.1, -0.05) is 30.3 Å². The zero-order valence-corrected chi connectivity index (χ0v) is 18.1. The topological polar surface area (TPSA) is 82.9 Å². The van der Waals surface area contributed by atoms with Gasteiger partial charge in [0, 0.05) is 24.8 Å². The maximum Gasteiger partial charge on any atom is 0.257 e. The molecule has 2 atom stereocenters. The van der Waals surface area contributed by atoms with Crippen LogP contribution >= 0.6 is 0 Å². The third kappa shape index (κ3) is 3.16. The van der Waals surface area contributed by atoms with E-state index in [2.05, 4.69) is 5.32 Å². The Kier molecular flexibility index (Phi) is 4.77. The van der Waals surface area contributed by atoms with Crippen LogP contribution in [0.3, 0.4) is 0 Å². The van der Waals surface area contributed by atoms with Crippen LogP contribution in [0.1, 0.15) is 55.3 Å². The number of rotatable bonds is 5. The van der Waals surface area contributed by atoms with E-state index in [1.165, 1.54) is 0 Å². The summed E-state index contributed by atoms with van der Waals surface area (Å²) < 4.78 is 5.84. The molecule has 1 saturated heterocycles. The van der Waals surface area contributed by atoms with Crippen molar-refractivity contribution >= 4 is 34.4 Å². The summed E-state index contributed by atoms with van der Waals surface area (Å²) in [6, 6.07) is 16.5. The minimum absolute atomic E-state index is 0.000379. The molecule has 2 aliphatic heterocycles. The van der Waals surface area contributed by atoms with Gasteiger partial charge in [0.25, 0.3) is 5.91 Å². The molecule has 2 unspecified atom stereocenters. The SMILES string of the molecule is CC(NC(=O)CCN1C(=O)c2ccccc2N2C(=O)CCC12C)c1cc2ccccc2o1. The number of furan rings is 1. The lowest BCUT2D eigenvalue weighted by Gasteiger charge is -2.48. The largest absolute Gasteiger partial charge is 0.459 e. The zero-order valence-electron chi connectivity index (χ0n) is 18.1. The molecule has 1 aromatic heterocycles. The Labute approximate surface area is 186 Å². The number of nitrogens with one attached hydrogen (secondary N) is 1. The van der Waals surface area contributed by atoms with Gasteiger partial charge in [0.2, 0.25) is 11.8 Å². The molecule has 1 N–H and O–H groups in total. The molecule has 164 valence electrons. The lowest BCUT2D eigenvalue weighted by atomic mass is 9.98. The predicted molar refractivity (Wildman–Crippen MR) is 120 cm³/mol. The number of carbonyl (C=O) groups excluding carboxylic acids is 3. The Morgan fingerprint density at radius 3 is 2.72 bits per heavy atom. The smallest absolute Gasteiger partial charge is 0.257 e. The maximum absolute atomic E-state index is 13.3. The van der Waals surface area contributed by atoms with Gasteiger partial charge < -0.3 is 14.6 Å². The van der Waals surface area contributed by atoms with Crippen molar-refractivity contribution in [2.45, 2.75) is 44.8 Å². The number of benzene rings is 2. The average molecular weight is 431 g/mol. The van der Waals surface area contributed by atoms with Crippen molar-refractivity contribution < 1.29 is 18.8 Å². The normalized spacial score (nSPS) is 20.9. The van der Waals surface area contributed by atoms with Crippen LogP contribution in [0.15, 0.2) is 59.0 Å². The summed E-state index contributed by atoms with van der Waals surface area (Å²) >= 11 is 0. The highest BCUT2D eigenvalue weighted by Crippen LogP contribution is 2.44. The minimum Gasteiger partial charge on any atom is -0.459 e. The Bertz CT molecular complexity index is 1200. The molecule has 7 heteroatoms. The number of fused-ring (bicyclic) bond motifs is 4. The molecule has 0 saturated carbocycles. The van der Waals surface area contributed by atoms with Gasteiger partial charge in [-0.15, -0.1) is 0 Å². The number of anilines is 1. The van der Waals surface area contributed by atoms with E-state index in [9.17, 15) is 14.4 Å². The van der Waals surface area contributed by atoms with Gasteiger partial charge in [0.05, 0.1) is 17.3 Å². The van der Waals surface area contributed by atoms with Crippen LogP contribution < -0.4 is 10.2 Å². The Morgan fingerprint density at radius 1 is 1.16 bits per heavy atom. The summed E-state index contributed by atoms with van der Waals surface area (Å²) in [6.45, 7) is 4.00. The van der Waals surface area contributed by atoms with E-state index in [0.717, 1.165) is 11.0 Å². The standard InChI is InChI=1S/C25H25N3O4/c1-16(21-15-17-7-3-6-10-20(17)32-21)26-22(29)12-14-27-24(31)18-8-4-5-9-19(18)28-23(30)11-13-25(27,28)2/h3-10,15-16H,11-14H2,1-2H3,(H,26,29). The molecular formula is C25H25N3O4. The van der Waals surface area contributed by atoms with Crippen LogP contribution in [-0.2, 0) is 9.59 Å². The molecule has 0 radical (unpaired) electrons. The van der Waals surface area contributed by atoms with E-state index in [4.69, 9.17) is 4.42 Å². The molecule has 0 aliphatic carbocycles. The number of amides is 3. The van der Waals surface area contributed by atoms with Crippen molar-refractivity contribution in [2.75, 3.05) is 11.4 Å². The number of para-hydroxylation sites is 2. The third-order valence-corrected chi connectivity index (χ3v) is 6.56. The molecule has 3 aromatic rings. The van der Waals surface area contributed by atoms with Crippen molar-refractivity contribution in [2.24, 2.45) is 0 Å². The van der Waals surface area contributed by atoms with Gasteiger partial charge >= 0.3 is 0 Å². The van der Waals surface area contributed by atoms with Crippen LogP contribution in [0.5, 0.6) is 0 Å². The van der Waals surface area contributed by atoms with E-state index >= 15 is 0 Å². The van der Waals surface area contributed by atoms with Crippen LogP contribution in [0, 0.1) is 0 Å². The molecule has 3 heterocycles. The fourth-order valence-electron chi connectivity index (χ4n) is 4.86. The first-order valence-corrected chi connectivity index (χ1v) is 10.9. The van der Waals surface area contributed by atoms with Crippen LogP contribution in [-0.4, -0.2) is 34.8 Å². The van der Waals surface area contributed by atoms with Crippen molar-refractivity contribution in [1.29, 1.82) is 0 Å². The maximum atomic E-state index is 13.3. The summed E-state index contributed by atoms with van der Waals surface area (Å²) in [5.74, 6) is 0.360. The summed E-state index contributed by atoms with van der Waals surface area (Å²) in [4.78, 5) is 42.0. The highest BCUT2D eigenvalue weighted by atomic mass is 16.3. The van der Waals surface area contributed by atoms with Gasteiger partial charge in [-0.05, 0) is 44.5 Å². The van der Waals surface area contributed by atoms with E-state index in [1.54, 1.807) is 21.9 Å². The van der Waals surface area contributed by atoms with E-state index in [1.807, 2.05) is 56.3 Å². The lowest BCUT2D eigenvalue weighted by Crippen LogP contribution is -2.62. The quantitative estimate of drug-likeness (QED) is 0.662. The molecule has 0 bridgehead atoms. The second-order valence-electron chi connectivity index (χ2n) is 8.65. The number of carbonyl (C=O) groups is 3. The second kappa shape index (κ2) is 7.51. The molecular weight excluding hydrogens is 406 g/mol. The fraction of sp³-hybridized carbons (Fsp3) is 0.320. The minimum atomic E-state index is -0.757. The van der Waals surface area contributed by atoms with Crippen LogP contribution in [0.2, 0.25) is 0 Å². The highest BCUT2D eigenvalue weighted by molar-refractivity contribution is 6.10. The van der Waals surface area contributed by atoms with Crippen LogP contribution in [0.4, 0.5) is 5.69 Å². The molecule has 1 fully saturated rings. The predicted octanol–water partition coefficient (Wildman–Crippen LogP) is 4.00. The van der Waals surface area contributed by atoms with Gasteiger partial charge in [-0.3, -0.25) is 19.3 Å². The van der Waals surface area contributed by atoms with Crippen molar-refractivity contribution in [3.05, 3.63) is 65.9 Å². The first-order valence-electron chi connectivity index (χ1n) is 10.9. The molecule has 3 amide bonds. The number of hydrogen-bond donors (Lipinski definition) is 1. The Hall–Kier alpha value is -3.61. The van der Waals surface area contributed by atoms with E-state index in [0.29, 0.717) is 29.9 Å². The summed E-state index contributed by atoms with van der Waals surface area (Å²) in [5, 5.41) is 3.95. The monoisotopic (exact) mass is 431 g/mol. The summed E-state index contributed by atoms with van der Waals surface area (Å²) in [7, 11) is 0. The Morgan fingerprint density at radius 2 is 1.91 bits per heavy atom. The van der Waals surface area contributed by atoms with Crippen molar-refractivity contribution in [3.63, 3.8) is 0 Å². The van der Waals surface area contributed by atoms with Gasteiger partial charge in [0.15, 0.2) is 0 Å². The van der Waals surface area contributed by atoms with Crippen LogP contribution in [0.25, 0.3) is 11.0 Å². The summed E-state index contributed by atoms with van der Waals surface area (Å²) in [6.07, 6.45) is 1.06. The molecule has 0 spiro atoms. The van der Waals surface area contributed by atoms with Gasteiger partial charge in [0.1, 0.15) is 17.0 Å². The van der Waals surface area contributed by atoms with Crippen molar-refractivity contribution in [1.82, 2.24) is 10.2 Å². The van der Waals surface area contributed by atoms with Gasteiger partial charge in [-0.2, -0.15) is 0 Å². The van der Waals surface area contributed by atoms with Gasteiger partial charge in [-0.25, -0.2) is 0 Å². The fourth-order valence-corrected chi connectivity index (χ4v) is 4.86. The first kappa shape index (κ1) is 20.3. The number of nitrogens with zero attached hydrogens (tertiary/aromatic N) is 2. The second-order valence-corrected chi connectivity index (χ2v) is 8.65. The number of hydrogen-bond acceptors (Lipinski definition) is 4. The zero-order chi connectivity index (χ0) is 22.5. The molecule has 7 nitrogen and oxygen atoms in total. The highest BCUT2D eigenvalue weighted by Gasteiger charge is 2.52.